The van der Waals surface area contributed by atoms with Crippen molar-refractivity contribution in [3.8, 4) is 11.8 Å². The summed E-state index contributed by atoms with van der Waals surface area (Å²) in [7, 11) is 0. The van der Waals surface area contributed by atoms with Crippen molar-refractivity contribution in [3.05, 3.63) is 64.2 Å². The van der Waals surface area contributed by atoms with Crippen LogP contribution in [0.1, 0.15) is 11.1 Å². The fourth-order valence-electron chi connectivity index (χ4n) is 1.53. The lowest BCUT2D eigenvalue weighted by Gasteiger charge is -2.07. The zero-order valence-electron chi connectivity index (χ0n) is 9.66. The van der Waals surface area contributed by atoms with Crippen LogP contribution in [0.4, 0.5) is 8.78 Å². The van der Waals surface area contributed by atoms with Gasteiger partial charge < -0.3 is 4.74 Å². The fourth-order valence-corrected chi connectivity index (χ4v) is 1.70. The summed E-state index contributed by atoms with van der Waals surface area (Å²) < 4.78 is 31.5. The summed E-state index contributed by atoms with van der Waals surface area (Å²) >= 11 is 5.61. The van der Waals surface area contributed by atoms with Crippen LogP contribution in [0.5, 0.6) is 5.75 Å². The third-order valence-electron chi connectivity index (χ3n) is 2.38. The van der Waals surface area contributed by atoms with Gasteiger partial charge in [-0.2, -0.15) is 5.26 Å². The van der Waals surface area contributed by atoms with Gasteiger partial charge in [0.15, 0.2) is 0 Å². The molecule has 0 atom stereocenters. The van der Waals surface area contributed by atoms with Crippen molar-refractivity contribution in [3.63, 3.8) is 0 Å². The first kappa shape index (κ1) is 13.3. The van der Waals surface area contributed by atoms with E-state index >= 15 is 0 Å². The molecule has 0 aliphatic carbocycles. The molecule has 0 amide bonds. The third-order valence-corrected chi connectivity index (χ3v) is 2.67. The number of nitriles is 1. The third kappa shape index (κ3) is 3.43. The Hall–Kier alpha value is -2.12. The molecule has 2 aromatic rings. The Kier molecular flexibility index (Phi) is 3.98. The smallest absolute Gasteiger partial charge is 0.142 e. The normalized spacial score (nSPS) is 10.0. The lowest BCUT2D eigenvalue weighted by molar-refractivity contribution is 0.305. The number of hydrogen-bond acceptors (Lipinski definition) is 2. The molecule has 19 heavy (non-hydrogen) atoms. The van der Waals surface area contributed by atoms with E-state index in [9.17, 15) is 8.78 Å². The highest BCUT2D eigenvalue weighted by atomic mass is 35.5. The molecule has 0 unspecified atom stereocenters. The number of benzene rings is 2. The minimum atomic E-state index is -0.536. The average Bonchev–Trinajstić information content (AvgIpc) is 2.39. The number of halogens is 3. The topological polar surface area (TPSA) is 33.0 Å². The highest BCUT2D eigenvalue weighted by molar-refractivity contribution is 6.30. The van der Waals surface area contributed by atoms with Gasteiger partial charge >= 0.3 is 0 Å². The van der Waals surface area contributed by atoms with Gasteiger partial charge in [-0.15, -0.1) is 0 Å². The maximum Gasteiger partial charge on any atom is 0.142 e. The first-order valence-corrected chi connectivity index (χ1v) is 5.73. The average molecular weight is 280 g/mol. The van der Waals surface area contributed by atoms with Gasteiger partial charge in [0.05, 0.1) is 16.7 Å². The predicted molar refractivity (Wildman–Crippen MR) is 66.9 cm³/mol. The summed E-state index contributed by atoms with van der Waals surface area (Å²) in [6.07, 6.45) is 0. The van der Waals surface area contributed by atoms with Crippen molar-refractivity contribution in [1.82, 2.24) is 0 Å². The van der Waals surface area contributed by atoms with E-state index < -0.39 is 11.6 Å². The second kappa shape index (κ2) is 5.68. The standard InChI is InChI=1S/C14H8ClF2NO/c15-13-6-12(1-2-14(13)17)19-8-10-3-9(7-18)4-11(16)5-10/h1-6H,8H2. The molecule has 96 valence electrons. The van der Waals surface area contributed by atoms with Gasteiger partial charge in [0.2, 0.25) is 0 Å². The SMILES string of the molecule is N#Cc1cc(F)cc(COc2ccc(F)c(Cl)c2)c1. The molecule has 0 bridgehead atoms. The molecule has 2 rings (SSSR count). The zero-order valence-corrected chi connectivity index (χ0v) is 10.4. The van der Waals surface area contributed by atoms with E-state index in [-0.39, 0.29) is 17.2 Å². The number of ether oxygens (including phenoxy) is 1. The minimum Gasteiger partial charge on any atom is -0.489 e. The fraction of sp³-hybridized carbons (Fsp3) is 0.0714. The minimum absolute atomic E-state index is 0.0468. The van der Waals surface area contributed by atoms with Crippen LogP contribution in [0.3, 0.4) is 0 Å². The van der Waals surface area contributed by atoms with Crippen molar-refractivity contribution < 1.29 is 13.5 Å². The van der Waals surface area contributed by atoms with Crippen LogP contribution in [0.15, 0.2) is 36.4 Å². The number of rotatable bonds is 3. The Morgan fingerprint density at radius 1 is 1.16 bits per heavy atom. The van der Waals surface area contributed by atoms with E-state index in [1.165, 1.54) is 30.3 Å². The molecule has 0 saturated carbocycles. The highest BCUT2D eigenvalue weighted by Gasteiger charge is 2.04. The van der Waals surface area contributed by atoms with Crippen LogP contribution in [0.25, 0.3) is 0 Å². The number of nitrogens with zero attached hydrogens (tertiary/aromatic N) is 1. The Balaban J connectivity index is 2.12. The molecule has 0 aromatic heterocycles. The van der Waals surface area contributed by atoms with Crippen LogP contribution >= 0.6 is 11.6 Å². The van der Waals surface area contributed by atoms with Gasteiger partial charge in [-0.1, -0.05) is 11.6 Å². The van der Waals surface area contributed by atoms with E-state index in [0.717, 1.165) is 6.07 Å². The first-order chi connectivity index (χ1) is 9.08. The van der Waals surface area contributed by atoms with E-state index in [0.29, 0.717) is 11.3 Å². The van der Waals surface area contributed by atoms with Crippen LogP contribution in [0.2, 0.25) is 5.02 Å². The largest absolute Gasteiger partial charge is 0.489 e. The van der Waals surface area contributed by atoms with Crippen molar-refractivity contribution in [2.24, 2.45) is 0 Å². The molecule has 0 N–H and O–H groups in total. The molecule has 0 fully saturated rings. The molecule has 0 aliphatic heterocycles. The summed E-state index contributed by atoms with van der Waals surface area (Å²) in [5.41, 5.74) is 0.729. The number of hydrogen-bond donors (Lipinski definition) is 0. The van der Waals surface area contributed by atoms with Crippen molar-refractivity contribution >= 4 is 11.6 Å². The monoisotopic (exact) mass is 279 g/mol. The molecule has 5 heteroatoms. The predicted octanol–water partition coefficient (Wildman–Crippen LogP) is 4.07. The lowest BCUT2D eigenvalue weighted by Crippen LogP contribution is -1.97. The maximum absolute atomic E-state index is 13.2. The van der Waals surface area contributed by atoms with Crippen LogP contribution in [-0.4, -0.2) is 0 Å². The molecule has 2 aromatic carbocycles. The van der Waals surface area contributed by atoms with Crippen LogP contribution in [0, 0.1) is 23.0 Å². The Bertz CT molecular complexity index is 652. The summed E-state index contributed by atoms with van der Waals surface area (Å²) in [6, 6.07) is 9.73. The molecule has 0 spiro atoms. The first-order valence-electron chi connectivity index (χ1n) is 5.36. The lowest BCUT2D eigenvalue weighted by atomic mass is 10.1. The summed E-state index contributed by atoms with van der Waals surface area (Å²) in [4.78, 5) is 0. The van der Waals surface area contributed by atoms with E-state index in [2.05, 4.69) is 0 Å². The summed E-state index contributed by atoms with van der Waals surface area (Å²) in [6.45, 7) is 0.0639. The van der Waals surface area contributed by atoms with E-state index in [1.807, 2.05) is 6.07 Å². The molecular formula is C14H8ClF2NO. The maximum atomic E-state index is 13.2. The van der Waals surface area contributed by atoms with Gasteiger partial charge in [-0.3, -0.25) is 0 Å². The summed E-state index contributed by atoms with van der Waals surface area (Å²) in [5.74, 6) is -0.671. The Morgan fingerprint density at radius 2 is 1.95 bits per heavy atom. The van der Waals surface area contributed by atoms with Gasteiger partial charge in [0.1, 0.15) is 24.0 Å². The molecular weight excluding hydrogens is 272 g/mol. The second-order valence-corrected chi connectivity index (χ2v) is 4.23. The summed E-state index contributed by atoms with van der Waals surface area (Å²) in [5, 5.41) is 8.68. The van der Waals surface area contributed by atoms with Crippen molar-refractivity contribution in [2.75, 3.05) is 0 Å². The highest BCUT2D eigenvalue weighted by Crippen LogP contribution is 2.22. The quantitative estimate of drug-likeness (QED) is 0.848. The van der Waals surface area contributed by atoms with Gasteiger partial charge in [-0.25, -0.2) is 8.78 Å². The van der Waals surface area contributed by atoms with Crippen LogP contribution < -0.4 is 4.74 Å². The molecule has 0 heterocycles. The molecule has 0 saturated heterocycles. The van der Waals surface area contributed by atoms with E-state index in [1.54, 1.807) is 0 Å². The van der Waals surface area contributed by atoms with Crippen molar-refractivity contribution in [2.45, 2.75) is 6.61 Å². The van der Waals surface area contributed by atoms with Gasteiger partial charge in [-0.05, 0) is 35.9 Å². The van der Waals surface area contributed by atoms with Gasteiger partial charge in [0, 0.05) is 6.07 Å². The Labute approximate surface area is 113 Å². The second-order valence-electron chi connectivity index (χ2n) is 3.82. The molecule has 0 radical (unpaired) electrons. The molecule has 2 nitrogen and oxygen atoms in total. The Morgan fingerprint density at radius 3 is 2.63 bits per heavy atom. The van der Waals surface area contributed by atoms with E-state index in [4.69, 9.17) is 21.6 Å². The zero-order chi connectivity index (χ0) is 13.8. The molecule has 0 aliphatic rings. The van der Waals surface area contributed by atoms with Crippen molar-refractivity contribution in [1.29, 1.82) is 5.26 Å². The van der Waals surface area contributed by atoms with Crippen LogP contribution in [-0.2, 0) is 6.61 Å². The van der Waals surface area contributed by atoms with Gasteiger partial charge in [0.25, 0.3) is 0 Å².